The van der Waals surface area contributed by atoms with Crippen LogP contribution in [0.25, 0.3) is 0 Å². The lowest BCUT2D eigenvalue weighted by molar-refractivity contribution is -0.217. The van der Waals surface area contributed by atoms with E-state index in [9.17, 15) is 15.0 Å². The fourth-order valence-electron chi connectivity index (χ4n) is 7.88. The first-order valence-electron chi connectivity index (χ1n) is 13.5. The number of hydrogen-bond acceptors (Lipinski definition) is 6. The molecule has 2 bridgehead atoms. The minimum atomic E-state index is -0.583. The van der Waals surface area contributed by atoms with Gasteiger partial charge in [-0.05, 0) is 68.4 Å². The van der Waals surface area contributed by atoms with Crippen LogP contribution in [0.1, 0.15) is 73.6 Å². The first kappa shape index (κ1) is 28.0. The van der Waals surface area contributed by atoms with Crippen molar-refractivity contribution in [3.8, 4) is 0 Å². The van der Waals surface area contributed by atoms with E-state index in [1.54, 1.807) is 11.8 Å². The molecule has 1 unspecified atom stereocenters. The summed E-state index contributed by atoms with van der Waals surface area (Å²) in [6.45, 7) is 20.2. The summed E-state index contributed by atoms with van der Waals surface area (Å²) in [6, 6.07) is 0. The van der Waals surface area contributed by atoms with Crippen LogP contribution in [0.4, 0.5) is 0 Å². The smallest absolute Gasteiger partial charge is 0.316 e. The molecule has 0 aromatic rings. The molecule has 0 aromatic carbocycles. The maximum absolute atomic E-state index is 13.1. The highest BCUT2D eigenvalue weighted by Crippen LogP contribution is 2.68. The van der Waals surface area contributed by atoms with Gasteiger partial charge >= 0.3 is 5.97 Å². The van der Waals surface area contributed by atoms with Crippen LogP contribution in [-0.2, 0) is 9.53 Å². The first-order valence-corrected chi connectivity index (χ1v) is 14.6. The van der Waals surface area contributed by atoms with Gasteiger partial charge < -0.3 is 19.8 Å². The second-order valence-electron chi connectivity index (χ2n) is 11.8. The van der Waals surface area contributed by atoms with E-state index >= 15 is 0 Å². The predicted molar refractivity (Wildman–Crippen MR) is 141 cm³/mol. The number of rotatable bonds is 9. The van der Waals surface area contributed by atoms with Crippen molar-refractivity contribution >= 4 is 17.7 Å². The number of esters is 1. The highest BCUT2D eigenvalue weighted by atomic mass is 32.2. The molecular weight excluding hydrogens is 446 g/mol. The fraction of sp³-hybridized carbons (Fsp3) is 0.893. The minimum absolute atomic E-state index is 0.0240. The SMILES string of the molecule is C=C[C@]1(C)C[C@@H](OC(=O)CSCCN(CC)CC)[C@]2(C)[C@H](C)CC[C@]3(CCC(O)[C@H]32)[C@@H](C)[C@@H]1O. The van der Waals surface area contributed by atoms with Crippen LogP contribution < -0.4 is 0 Å². The molecular formula is C28H49NO4S. The lowest BCUT2D eigenvalue weighted by atomic mass is 9.43. The zero-order chi connectivity index (χ0) is 25.3. The van der Waals surface area contributed by atoms with Gasteiger partial charge in [0.2, 0.25) is 0 Å². The Morgan fingerprint density at radius 1 is 1.18 bits per heavy atom. The quantitative estimate of drug-likeness (QED) is 0.273. The van der Waals surface area contributed by atoms with Gasteiger partial charge in [-0.3, -0.25) is 4.79 Å². The van der Waals surface area contributed by atoms with Crippen molar-refractivity contribution < 1.29 is 19.7 Å². The van der Waals surface area contributed by atoms with Crippen LogP contribution in [0, 0.1) is 34.0 Å². The van der Waals surface area contributed by atoms with Crippen molar-refractivity contribution in [3.63, 3.8) is 0 Å². The number of carbonyl (C=O) groups is 1. The molecule has 0 heterocycles. The first-order chi connectivity index (χ1) is 16.0. The molecule has 196 valence electrons. The number of nitrogens with zero attached hydrogens (tertiary/aromatic N) is 1. The van der Waals surface area contributed by atoms with Crippen LogP contribution >= 0.6 is 11.8 Å². The monoisotopic (exact) mass is 495 g/mol. The van der Waals surface area contributed by atoms with E-state index < -0.39 is 17.6 Å². The van der Waals surface area contributed by atoms with Crippen molar-refractivity contribution in [3.05, 3.63) is 12.7 Å². The average molecular weight is 496 g/mol. The zero-order valence-corrected chi connectivity index (χ0v) is 23.2. The largest absolute Gasteiger partial charge is 0.461 e. The lowest BCUT2D eigenvalue weighted by Crippen LogP contribution is -2.63. The van der Waals surface area contributed by atoms with Gasteiger partial charge in [-0.2, -0.15) is 0 Å². The number of hydrogen-bond donors (Lipinski definition) is 2. The van der Waals surface area contributed by atoms with Crippen LogP contribution in [-0.4, -0.2) is 70.5 Å². The molecule has 0 aliphatic heterocycles. The lowest BCUT2D eigenvalue weighted by Gasteiger charge is -2.63. The number of carbonyl (C=O) groups excluding carboxylic acids is 1. The maximum Gasteiger partial charge on any atom is 0.316 e. The molecule has 5 nitrogen and oxygen atoms in total. The molecule has 3 aliphatic carbocycles. The van der Waals surface area contributed by atoms with Crippen LogP contribution in [0.15, 0.2) is 12.7 Å². The van der Waals surface area contributed by atoms with Crippen molar-refractivity contribution in [2.45, 2.75) is 92.0 Å². The van der Waals surface area contributed by atoms with Gasteiger partial charge in [-0.25, -0.2) is 0 Å². The van der Waals surface area contributed by atoms with Crippen LogP contribution in [0.3, 0.4) is 0 Å². The van der Waals surface area contributed by atoms with Crippen LogP contribution in [0.2, 0.25) is 0 Å². The maximum atomic E-state index is 13.1. The van der Waals surface area contributed by atoms with Crippen molar-refractivity contribution in [1.29, 1.82) is 0 Å². The molecule has 9 atom stereocenters. The second-order valence-corrected chi connectivity index (χ2v) is 12.9. The Labute approximate surface area is 212 Å². The molecule has 0 spiro atoms. The molecule has 34 heavy (non-hydrogen) atoms. The highest BCUT2D eigenvalue weighted by molar-refractivity contribution is 7.99. The van der Waals surface area contributed by atoms with Gasteiger partial charge in [-0.15, -0.1) is 18.3 Å². The summed E-state index contributed by atoms with van der Waals surface area (Å²) in [7, 11) is 0. The van der Waals surface area contributed by atoms with E-state index in [2.05, 4.69) is 53.0 Å². The Morgan fingerprint density at radius 2 is 1.82 bits per heavy atom. The van der Waals surface area contributed by atoms with Gasteiger partial charge in [0.1, 0.15) is 6.10 Å². The molecule has 0 radical (unpaired) electrons. The Balaban J connectivity index is 1.87. The zero-order valence-electron chi connectivity index (χ0n) is 22.4. The summed E-state index contributed by atoms with van der Waals surface area (Å²) in [4.78, 5) is 15.5. The normalized spacial score (nSPS) is 44.3. The predicted octanol–water partition coefficient (Wildman–Crippen LogP) is 4.76. The number of thioether (sulfide) groups is 1. The van der Waals surface area contributed by atoms with E-state index in [1.807, 2.05) is 6.08 Å². The Hall–Kier alpha value is -0.560. The third kappa shape index (κ3) is 4.73. The molecule has 3 fully saturated rings. The number of ether oxygens (including phenoxy) is 1. The number of aliphatic hydroxyl groups is 2. The topological polar surface area (TPSA) is 70.0 Å². The molecule has 2 N–H and O–H groups in total. The standard InChI is InChI=1S/C28H49NO4S/c1-8-26(6)17-22(33-23(31)18-34-16-15-29(9-2)10-3)27(7)19(4)11-13-28(20(5)25(26)32)14-12-21(30)24(27)28/h8,19-22,24-25,30,32H,1,9-18H2,2-7H3/t19-,20+,21?,22-,24+,25+,26-,27+,28+/m1/s1. The second kappa shape index (κ2) is 10.8. The summed E-state index contributed by atoms with van der Waals surface area (Å²) in [5.74, 6) is 1.46. The molecule has 0 aromatic heterocycles. The van der Waals surface area contributed by atoms with Gasteiger partial charge in [0, 0.05) is 23.1 Å². The highest BCUT2D eigenvalue weighted by Gasteiger charge is 2.68. The molecule has 0 amide bonds. The minimum Gasteiger partial charge on any atom is -0.461 e. The molecule has 0 saturated heterocycles. The Bertz CT molecular complexity index is 729. The molecule has 3 aliphatic rings. The summed E-state index contributed by atoms with van der Waals surface area (Å²) in [6.07, 6.45) is 4.79. The van der Waals surface area contributed by atoms with Gasteiger partial charge in [0.25, 0.3) is 0 Å². The van der Waals surface area contributed by atoms with Crippen molar-refractivity contribution in [1.82, 2.24) is 4.90 Å². The number of aliphatic hydroxyl groups excluding tert-OH is 2. The van der Waals surface area contributed by atoms with E-state index in [-0.39, 0.29) is 34.7 Å². The van der Waals surface area contributed by atoms with E-state index in [1.165, 1.54) is 0 Å². The molecule has 3 saturated carbocycles. The van der Waals surface area contributed by atoms with E-state index in [0.717, 1.165) is 51.1 Å². The van der Waals surface area contributed by atoms with Crippen molar-refractivity contribution in [2.24, 2.45) is 34.0 Å². The van der Waals surface area contributed by atoms with Gasteiger partial charge in [0.05, 0.1) is 18.0 Å². The van der Waals surface area contributed by atoms with Crippen molar-refractivity contribution in [2.75, 3.05) is 31.1 Å². The Kier molecular flexibility index (Phi) is 8.92. The van der Waals surface area contributed by atoms with Crippen LogP contribution in [0.5, 0.6) is 0 Å². The summed E-state index contributed by atoms with van der Waals surface area (Å²) >= 11 is 1.63. The summed E-state index contributed by atoms with van der Waals surface area (Å²) < 4.78 is 6.34. The van der Waals surface area contributed by atoms with Gasteiger partial charge in [0.15, 0.2) is 0 Å². The summed E-state index contributed by atoms with van der Waals surface area (Å²) in [5.41, 5.74) is -1.02. The molecule has 6 heteroatoms. The van der Waals surface area contributed by atoms with E-state index in [4.69, 9.17) is 4.74 Å². The third-order valence-electron chi connectivity index (χ3n) is 10.5. The molecule has 3 rings (SSSR count). The third-order valence-corrected chi connectivity index (χ3v) is 11.4. The average Bonchev–Trinajstić information content (AvgIpc) is 3.17. The Morgan fingerprint density at radius 3 is 2.44 bits per heavy atom. The summed E-state index contributed by atoms with van der Waals surface area (Å²) in [5, 5.41) is 22.9. The van der Waals surface area contributed by atoms with E-state index in [0.29, 0.717) is 18.1 Å². The fourth-order valence-corrected chi connectivity index (χ4v) is 8.64. The van der Waals surface area contributed by atoms with Gasteiger partial charge in [-0.1, -0.05) is 47.6 Å².